The fourth-order valence-electron chi connectivity index (χ4n) is 4.07. The number of hydrogen-bond acceptors (Lipinski definition) is 3. The van der Waals surface area contributed by atoms with Crippen LogP contribution < -0.4 is 10.1 Å². The lowest BCUT2D eigenvalue weighted by Crippen LogP contribution is -2.51. The molecule has 0 aromatic heterocycles. The number of halogens is 1. The van der Waals surface area contributed by atoms with E-state index in [-0.39, 0.29) is 18.2 Å². The van der Waals surface area contributed by atoms with Crippen LogP contribution in [-0.4, -0.2) is 35.9 Å². The van der Waals surface area contributed by atoms with Crippen LogP contribution in [0.5, 0.6) is 5.75 Å². The smallest absolute Gasteiger partial charge is 0.243 e. The number of nitrogens with zero attached hydrogens (tertiary/aromatic N) is 1. The molecule has 3 aromatic carbocycles. The first-order chi connectivity index (χ1) is 17.8. The molecule has 0 unspecified atom stereocenters. The highest BCUT2D eigenvalue weighted by Crippen LogP contribution is 2.19. The summed E-state index contributed by atoms with van der Waals surface area (Å²) in [6.45, 7) is 7.47. The molecule has 0 bridgehead atoms. The lowest BCUT2D eigenvalue weighted by Gasteiger charge is -2.32. The molecule has 2 amide bonds. The molecule has 0 spiro atoms. The third-order valence-corrected chi connectivity index (χ3v) is 6.26. The highest BCUT2D eigenvalue weighted by molar-refractivity contribution is 6.30. The predicted molar refractivity (Wildman–Crippen MR) is 150 cm³/mol. The lowest BCUT2D eigenvalue weighted by molar-refractivity contribution is -0.141. The van der Waals surface area contributed by atoms with Crippen molar-refractivity contribution in [2.45, 2.75) is 52.6 Å². The number of rotatable bonds is 13. The van der Waals surface area contributed by atoms with Crippen LogP contribution >= 0.6 is 11.6 Å². The van der Waals surface area contributed by atoms with Gasteiger partial charge in [-0.1, -0.05) is 85.6 Å². The van der Waals surface area contributed by atoms with E-state index in [1.165, 1.54) is 0 Å². The van der Waals surface area contributed by atoms with Gasteiger partial charge in [-0.15, -0.1) is 0 Å². The molecule has 196 valence electrons. The predicted octanol–water partition coefficient (Wildman–Crippen LogP) is 6.22. The molecule has 5 nitrogen and oxygen atoms in total. The SMILES string of the molecule is Cc1cccc(CN(C(=O)CCCOc2ccc(Cl)cc2)[C@H](Cc2ccccc2)C(=O)NCC(C)C)c1. The molecular weight excluding hydrogens is 484 g/mol. The van der Waals surface area contributed by atoms with Crippen LogP contribution in [-0.2, 0) is 22.6 Å². The average Bonchev–Trinajstić information content (AvgIpc) is 2.88. The zero-order chi connectivity index (χ0) is 26.6. The second kappa shape index (κ2) is 14.4. The lowest BCUT2D eigenvalue weighted by atomic mass is 10.0. The summed E-state index contributed by atoms with van der Waals surface area (Å²) in [4.78, 5) is 28.8. The molecule has 3 rings (SSSR count). The second-order valence-corrected chi connectivity index (χ2v) is 10.2. The highest BCUT2D eigenvalue weighted by Gasteiger charge is 2.30. The molecule has 0 saturated carbocycles. The molecule has 0 saturated heterocycles. The molecule has 1 atom stereocenters. The highest BCUT2D eigenvalue weighted by atomic mass is 35.5. The molecule has 0 aliphatic carbocycles. The Kier molecular flexibility index (Phi) is 11.0. The number of aryl methyl sites for hydroxylation is 1. The number of ether oxygens (including phenoxy) is 1. The summed E-state index contributed by atoms with van der Waals surface area (Å²) in [6.07, 6.45) is 1.27. The minimum absolute atomic E-state index is 0.0677. The van der Waals surface area contributed by atoms with Crippen molar-refractivity contribution < 1.29 is 14.3 Å². The molecule has 6 heteroatoms. The van der Waals surface area contributed by atoms with Crippen molar-refractivity contribution in [3.8, 4) is 5.75 Å². The largest absolute Gasteiger partial charge is 0.494 e. The minimum atomic E-state index is -0.619. The Morgan fingerprint density at radius 3 is 2.32 bits per heavy atom. The van der Waals surface area contributed by atoms with Gasteiger partial charge in [-0.2, -0.15) is 0 Å². The first-order valence-corrected chi connectivity index (χ1v) is 13.2. The molecule has 37 heavy (non-hydrogen) atoms. The molecule has 0 aliphatic rings. The Balaban J connectivity index is 1.78. The fourth-order valence-corrected chi connectivity index (χ4v) is 4.20. The van der Waals surface area contributed by atoms with Crippen LogP contribution in [0.25, 0.3) is 0 Å². The van der Waals surface area contributed by atoms with Gasteiger partial charge in [0.25, 0.3) is 0 Å². The van der Waals surface area contributed by atoms with Crippen LogP contribution in [0.3, 0.4) is 0 Å². The summed E-state index contributed by atoms with van der Waals surface area (Å²) in [7, 11) is 0. The van der Waals surface area contributed by atoms with E-state index in [4.69, 9.17) is 16.3 Å². The van der Waals surface area contributed by atoms with E-state index in [0.717, 1.165) is 16.7 Å². The van der Waals surface area contributed by atoms with Crippen molar-refractivity contribution in [2.24, 2.45) is 5.92 Å². The van der Waals surface area contributed by atoms with Gasteiger partial charge < -0.3 is 15.0 Å². The first-order valence-electron chi connectivity index (χ1n) is 12.9. The quantitative estimate of drug-likeness (QED) is 0.272. The van der Waals surface area contributed by atoms with Crippen LogP contribution in [0.15, 0.2) is 78.9 Å². The van der Waals surface area contributed by atoms with Crippen molar-refractivity contribution in [3.63, 3.8) is 0 Å². The summed E-state index contributed by atoms with van der Waals surface area (Å²) in [6, 6.07) is 24.5. The third kappa shape index (κ3) is 9.58. The molecule has 0 radical (unpaired) electrons. The molecule has 0 heterocycles. The Labute approximate surface area is 225 Å². The number of benzene rings is 3. The zero-order valence-electron chi connectivity index (χ0n) is 22.0. The molecular formula is C31H37ClN2O3. The van der Waals surface area contributed by atoms with Crippen molar-refractivity contribution in [1.82, 2.24) is 10.2 Å². The topological polar surface area (TPSA) is 58.6 Å². The van der Waals surface area contributed by atoms with E-state index in [1.807, 2.05) is 67.6 Å². The monoisotopic (exact) mass is 520 g/mol. The maximum Gasteiger partial charge on any atom is 0.243 e. The number of hydrogen-bond donors (Lipinski definition) is 1. The van der Waals surface area contributed by atoms with Crippen LogP contribution in [0.1, 0.15) is 43.4 Å². The van der Waals surface area contributed by atoms with Crippen LogP contribution in [0, 0.1) is 12.8 Å². The summed E-state index contributed by atoms with van der Waals surface area (Å²) in [5.74, 6) is 0.827. The molecule has 0 aliphatic heterocycles. The number of carbonyl (C=O) groups excluding carboxylic acids is 2. The number of carbonyl (C=O) groups is 2. The Bertz CT molecular complexity index is 1130. The maximum atomic E-state index is 13.6. The Morgan fingerprint density at radius 2 is 1.65 bits per heavy atom. The summed E-state index contributed by atoms with van der Waals surface area (Å²) >= 11 is 5.94. The normalized spacial score (nSPS) is 11.7. The van der Waals surface area contributed by atoms with Crippen molar-refractivity contribution in [2.75, 3.05) is 13.2 Å². The maximum absolute atomic E-state index is 13.6. The van der Waals surface area contributed by atoms with Gasteiger partial charge in [0, 0.05) is 31.0 Å². The van der Waals surface area contributed by atoms with Gasteiger partial charge in [0.2, 0.25) is 11.8 Å². The van der Waals surface area contributed by atoms with E-state index in [1.54, 1.807) is 17.0 Å². The van der Waals surface area contributed by atoms with Gasteiger partial charge >= 0.3 is 0 Å². The number of nitrogens with one attached hydrogen (secondary N) is 1. The second-order valence-electron chi connectivity index (χ2n) is 9.76. The van der Waals surface area contributed by atoms with E-state index in [2.05, 4.69) is 25.2 Å². The van der Waals surface area contributed by atoms with E-state index >= 15 is 0 Å². The standard InChI is InChI=1S/C31H37ClN2O3/c1-23(2)21-33-31(36)29(20-25-10-5-4-6-11-25)34(22-26-12-7-9-24(3)19-26)30(35)13-8-18-37-28-16-14-27(32)15-17-28/h4-7,9-12,14-17,19,23,29H,8,13,18,20-22H2,1-3H3,(H,33,36)/t29-/m1/s1. The fraction of sp³-hybridized carbons (Fsp3) is 0.355. The van der Waals surface area contributed by atoms with Gasteiger partial charge in [0.15, 0.2) is 0 Å². The van der Waals surface area contributed by atoms with Gasteiger partial charge in [0.1, 0.15) is 11.8 Å². The van der Waals surface area contributed by atoms with E-state index in [0.29, 0.717) is 49.2 Å². The average molecular weight is 521 g/mol. The van der Waals surface area contributed by atoms with E-state index in [9.17, 15) is 9.59 Å². The Morgan fingerprint density at radius 1 is 0.946 bits per heavy atom. The van der Waals surface area contributed by atoms with Crippen molar-refractivity contribution >= 4 is 23.4 Å². The summed E-state index contributed by atoms with van der Waals surface area (Å²) < 4.78 is 5.78. The number of amides is 2. The summed E-state index contributed by atoms with van der Waals surface area (Å²) in [5.41, 5.74) is 3.13. The third-order valence-electron chi connectivity index (χ3n) is 6.01. The summed E-state index contributed by atoms with van der Waals surface area (Å²) in [5, 5.41) is 3.71. The molecule has 0 fully saturated rings. The van der Waals surface area contributed by atoms with Crippen molar-refractivity contribution in [3.05, 3.63) is 101 Å². The zero-order valence-corrected chi connectivity index (χ0v) is 22.7. The van der Waals surface area contributed by atoms with Crippen LogP contribution in [0.4, 0.5) is 0 Å². The minimum Gasteiger partial charge on any atom is -0.494 e. The van der Waals surface area contributed by atoms with Gasteiger partial charge in [-0.05, 0) is 54.7 Å². The Hall–Kier alpha value is -3.31. The van der Waals surface area contributed by atoms with E-state index < -0.39 is 6.04 Å². The van der Waals surface area contributed by atoms with Gasteiger partial charge in [0.05, 0.1) is 6.61 Å². The van der Waals surface area contributed by atoms with Gasteiger partial charge in [-0.3, -0.25) is 9.59 Å². The first kappa shape index (κ1) is 28.3. The van der Waals surface area contributed by atoms with Crippen LogP contribution in [0.2, 0.25) is 5.02 Å². The molecule has 3 aromatic rings. The van der Waals surface area contributed by atoms with Crippen molar-refractivity contribution in [1.29, 1.82) is 0 Å². The van der Waals surface area contributed by atoms with Gasteiger partial charge in [-0.25, -0.2) is 0 Å². The molecule has 1 N–H and O–H groups in total.